The van der Waals surface area contributed by atoms with E-state index in [0.717, 1.165) is 21.2 Å². The van der Waals surface area contributed by atoms with Gasteiger partial charge in [-0.2, -0.15) is 5.26 Å². The van der Waals surface area contributed by atoms with Crippen molar-refractivity contribution in [1.29, 1.82) is 5.26 Å². The smallest absolute Gasteiger partial charge is 0.0669 e. The van der Waals surface area contributed by atoms with Gasteiger partial charge in [-0.05, 0) is 28.8 Å². The Bertz CT molecular complexity index is 526. The van der Waals surface area contributed by atoms with Crippen LogP contribution in [0, 0.1) is 11.3 Å². The number of nitriles is 1. The van der Waals surface area contributed by atoms with Gasteiger partial charge in [0, 0.05) is 4.47 Å². The highest BCUT2D eigenvalue weighted by atomic mass is 79.9. The van der Waals surface area contributed by atoms with Crippen molar-refractivity contribution in [2.45, 2.75) is 6.42 Å². The molecule has 0 aliphatic heterocycles. The van der Waals surface area contributed by atoms with Crippen molar-refractivity contribution in [2.24, 2.45) is 0 Å². The highest BCUT2D eigenvalue weighted by Gasteiger charge is 2.04. The number of benzene rings is 2. The molecule has 0 amide bonds. The molecule has 16 heavy (non-hydrogen) atoms. The summed E-state index contributed by atoms with van der Waals surface area (Å²) in [6, 6.07) is 18.3. The Balaban J connectivity index is 2.55. The van der Waals surface area contributed by atoms with Gasteiger partial charge in [-0.3, -0.25) is 0 Å². The average Bonchev–Trinajstić information content (AvgIpc) is 2.33. The number of rotatable bonds is 2. The van der Waals surface area contributed by atoms with E-state index in [-0.39, 0.29) is 0 Å². The van der Waals surface area contributed by atoms with Crippen LogP contribution in [-0.4, -0.2) is 0 Å². The monoisotopic (exact) mass is 271 g/mol. The molecule has 0 atom stereocenters. The van der Waals surface area contributed by atoms with Crippen molar-refractivity contribution < 1.29 is 0 Å². The van der Waals surface area contributed by atoms with Crippen LogP contribution < -0.4 is 0 Å². The van der Waals surface area contributed by atoms with E-state index < -0.39 is 0 Å². The molecule has 0 radical (unpaired) electrons. The first kappa shape index (κ1) is 10.9. The molecule has 2 rings (SSSR count). The lowest BCUT2D eigenvalue weighted by Crippen LogP contribution is -1.88. The molecule has 0 aliphatic carbocycles. The van der Waals surface area contributed by atoms with Crippen molar-refractivity contribution in [1.82, 2.24) is 0 Å². The highest BCUT2D eigenvalue weighted by molar-refractivity contribution is 9.10. The summed E-state index contributed by atoms with van der Waals surface area (Å²) in [4.78, 5) is 0. The topological polar surface area (TPSA) is 23.8 Å². The Kier molecular flexibility index (Phi) is 3.38. The van der Waals surface area contributed by atoms with Crippen LogP contribution >= 0.6 is 15.9 Å². The van der Waals surface area contributed by atoms with E-state index in [2.05, 4.69) is 40.2 Å². The zero-order valence-corrected chi connectivity index (χ0v) is 10.2. The van der Waals surface area contributed by atoms with Crippen LogP contribution in [0.15, 0.2) is 53.0 Å². The van der Waals surface area contributed by atoms with E-state index in [0.29, 0.717) is 6.42 Å². The molecule has 78 valence electrons. The quantitative estimate of drug-likeness (QED) is 0.804. The van der Waals surface area contributed by atoms with Gasteiger partial charge < -0.3 is 0 Å². The average molecular weight is 272 g/mol. The molecule has 0 spiro atoms. The SMILES string of the molecule is N#CCc1ccc(Br)cc1-c1ccccc1. The molecule has 0 aromatic heterocycles. The Morgan fingerprint density at radius 2 is 1.81 bits per heavy atom. The van der Waals surface area contributed by atoms with Gasteiger partial charge >= 0.3 is 0 Å². The second-order valence-corrected chi connectivity index (χ2v) is 4.42. The molecule has 0 saturated heterocycles. The fourth-order valence-electron chi connectivity index (χ4n) is 1.67. The van der Waals surface area contributed by atoms with Gasteiger partial charge in [-0.25, -0.2) is 0 Å². The van der Waals surface area contributed by atoms with Crippen LogP contribution in [-0.2, 0) is 6.42 Å². The maximum atomic E-state index is 8.80. The summed E-state index contributed by atoms with van der Waals surface area (Å²) in [5, 5.41) is 8.80. The van der Waals surface area contributed by atoms with Gasteiger partial charge in [0.15, 0.2) is 0 Å². The summed E-state index contributed by atoms with van der Waals surface area (Å²) in [7, 11) is 0. The standard InChI is InChI=1S/C14H10BrN/c15-13-7-6-12(8-9-16)14(10-13)11-4-2-1-3-5-11/h1-7,10H,8H2. The Labute approximate surface area is 103 Å². The molecule has 1 nitrogen and oxygen atoms in total. The van der Waals surface area contributed by atoms with Crippen molar-refractivity contribution in [3.05, 3.63) is 58.6 Å². The fourth-order valence-corrected chi connectivity index (χ4v) is 2.04. The van der Waals surface area contributed by atoms with Gasteiger partial charge in [0.1, 0.15) is 0 Å². The predicted octanol–water partition coefficient (Wildman–Crippen LogP) is 4.18. The second-order valence-electron chi connectivity index (χ2n) is 3.50. The second kappa shape index (κ2) is 4.96. The minimum Gasteiger partial charge on any atom is -0.198 e. The Hall–Kier alpha value is -1.59. The minimum atomic E-state index is 0.442. The van der Waals surface area contributed by atoms with Crippen molar-refractivity contribution in [3.63, 3.8) is 0 Å². The third-order valence-corrected chi connectivity index (χ3v) is 2.92. The summed E-state index contributed by atoms with van der Waals surface area (Å²) in [6.07, 6.45) is 0.442. The van der Waals surface area contributed by atoms with Gasteiger partial charge in [0.2, 0.25) is 0 Å². The van der Waals surface area contributed by atoms with E-state index >= 15 is 0 Å². The van der Waals surface area contributed by atoms with Crippen molar-refractivity contribution in [3.8, 4) is 17.2 Å². The normalized spacial score (nSPS) is 9.75. The lowest BCUT2D eigenvalue weighted by Gasteiger charge is -2.07. The van der Waals surface area contributed by atoms with Gasteiger partial charge in [0.05, 0.1) is 12.5 Å². The predicted molar refractivity (Wildman–Crippen MR) is 68.9 cm³/mol. The Morgan fingerprint density at radius 3 is 2.50 bits per heavy atom. The summed E-state index contributed by atoms with van der Waals surface area (Å²) >= 11 is 3.46. The lowest BCUT2D eigenvalue weighted by molar-refractivity contribution is 1.26. The summed E-state index contributed by atoms with van der Waals surface area (Å²) < 4.78 is 1.04. The highest BCUT2D eigenvalue weighted by Crippen LogP contribution is 2.27. The van der Waals surface area contributed by atoms with Gasteiger partial charge in [0.25, 0.3) is 0 Å². The van der Waals surface area contributed by atoms with Crippen molar-refractivity contribution >= 4 is 15.9 Å². The van der Waals surface area contributed by atoms with Crippen LogP contribution in [0.4, 0.5) is 0 Å². The van der Waals surface area contributed by atoms with Crippen LogP contribution in [0.1, 0.15) is 5.56 Å². The number of hydrogen-bond acceptors (Lipinski definition) is 1. The summed E-state index contributed by atoms with van der Waals surface area (Å²) in [6.45, 7) is 0. The molecule has 2 heteroatoms. The van der Waals surface area contributed by atoms with Crippen LogP contribution in [0.25, 0.3) is 11.1 Å². The Morgan fingerprint density at radius 1 is 1.06 bits per heavy atom. The lowest BCUT2D eigenvalue weighted by atomic mass is 9.98. The minimum absolute atomic E-state index is 0.442. The molecule has 0 unspecified atom stereocenters. The third-order valence-electron chi connectivity index (χ3n) is 2.43. The molecule has 0 N–H and O–H groups in total. The van der Waals surface area contributed by atoms with Crippen LogP contribution in [0.3, 0.4) is 0 Å². The maximum Gasteiger partial charge on any atom is 0.0669 e. The molecule has 0 bridgehead atoms. The van der Waals surface area contributed by atoms with Gasteiger partial charge in [-0.1, -0.05) is 52.3 Å². The molecule has 0 saturated carbocycles. The van der Waals surface area contributed by atoms with Gasteiger partial charge in [-0.15, -0.1) is 0 Å². The molecule has 0 aliphatic rings. The zero-order chi connectivity index (χ0) is 11.4. The van der Waals surface area contributed by atoms with E-state index in [1.54, 1.807) is 0 Å². The molecule has 2 aromatic carbocycles. The van der Waals surface area contributed by atoms with E-state index in [9.17, 15) is 0 Å². The van der Waals surface area contributed by atoms with Crippen LogP contribution in [0.2, 0.25) is 0 Å². The zero-order valence-electron chi connectivity index (χ0n) is 8.65. The molecule has 0 heterocycles. The maximum absolute atomic E-state index is 8.80. The number of hydrogen-bond donors (Lipinski definition) is 0. The first-order chi connectivity index (χ1) is 7.81. The van der Waals surface area contributed by atoms with Crippen LogP contribution in [0.5, 0.6) is 0 Å². The molecule has 2 aromatic rings. The molecular weight excluding hydrogens is 262 g/mol. The summed E-state index contributed by atoms with van der Waals surface area (Å²) in [5.41, 5.74) is 3.34. The van der Waals surface area contributed by atoms with E-state index in [1.165, 1.54) is 0 Å². The van der Waals surface area contributed by atoms with E-state index in [1.807, 2.05) is 30.3 Å². The van der Waals surface area contributed by atoms with Crippen molar-refractivity contribution in [2.75, 3.05) is 0 Å². The first-order valence-electron chi connectivity index (χ1n) is 5.02. The number of nitrogens with zero attached hydrogens (tertiary/aromatic N) is 1. The fraction of sp³-hybridized carbons (Fsp3) is 0.0714. The molecule has 0 fully saturated rings. The third kappa shape index (κ3) is 2.32. The molecular formula is C14H10BrN. The summed E-state index contributed by atoms with van der Waals surface area (Å²) in [5.74, 6) is 0. The first-order valence-corrected chi connectivity index (χ1v) is 5.81. The van der Waals surface area contributed by atoms with E-state index in [4.69, 9.17) is 5.26 Å². The largest absolute Gasteiger partial charge is 0.198 e. The number of halogens is 1.